The van der Waals surface area contributed by atoms with E-state index >= 15 is 0 Å². The van der Waals surface area contributed by atoms with E-state index in [9.17, 15) is 19.5 Å². The molecule has 0 saturated carbocycles. The lowest BCUT2D eigenvalue weighted by molar-refractivity contribution is -0.146. The highest BCUT2D eigenvalue weighted by atomic mass is 16.6. The van der Waals surface area contributed by atoms with Crippen molar-refractivity contribution in [2.45, 2.75) is 38.5 Å². The first-order valence-electron chi connectivity index (χ1n) is 10.5. The molecule has 1 atom stereocenters. The van der Waals surface area contributed by atoms with Crippen molar-refractivity contribution in [2.24, 2.45) is 0 Å². The molecule has 0 bridgehead atoms. The largest absolute Gasteiger partial charge is 0.478 e. The molecule has 1 heterocycles. The van der Waals surface area contributed by atoms with Gasteiger partial charge >= 0.3 is 18.2 Å². The summed E-state index contributed by atoms with van der Waals surface area (Å²) in [5.41, 5.74) is 3.55. The molecule has 1 aliphatic heterocycles. The molecular weight excluding hydrogens is 412 g/mol. The predicted octanol–water partition coefficient (Wildman–Crippen LogP) is 3.90. The summed E-state index contributed by atoms with van der Waals surface area (Å²) in [7, 11) is 0. The molecule has 2 aromatic rings. The molecule has 8 nitrogen and oxygen atoms in total. The van der Waals surface area contributed by atoms with E-state index in [2.05, 4.69) is 0 Å². The first-order chi connectivity index (χ1) is 15.2. The van der Waals surface area contributed by atoms with Crippen molar-refractivity contribution >= 4 is 18.2 Å². The predicted molar refractivity (Wildman–Crippen MR) is 116 cm³/mol. The van der Waals surface area contributed by atoms with Gasteiger partial charge in [-0.2, -0.15) is 0 Å². The lowest BCUT2D eigenvalue weighted by atomic mass is 9.98. The third kappa shape index (κ3) is 4.00. The third-order valence-electron chi connectivity index (χ3n) is 5.59. The summed E-state index contributed by atoms with van der Waals surface area (Å²) in [6.07, 6.45) is -3.02. The minimum absolute atomic E-state index is 0.0485. The molecule has 2 aromatic carbocycles. The van der Waals surface area contributed by atoms with Crippen LogP contribution in [-0.4, -0.2) is 64.5 Å². The number of carbonyl (C=O) groups is 3. The second kappa shape index (κ2) is 8.18. The van der Waals surface area contributed by atoms with Crippen LogP contribution in [0.2, 0.25) is 0 Å². The number of carboxylic acids is 1. The molecule has 0 unspecified atom stereocenters. The normalized spacial score (nSPS) is 17.7. The fraction of sp³-hybridized carbons (Fsp3) is 0.375. The van der Waals surface area contributed by atoms with Crippen molar-refractivity contribution < 1.29 is 29.0 Å². The van der Waals surface area contributed by atoms with E-state index in [1.54, 1.807) is 20.8 Å². The van der Waals surface area contributed by atoms with E-state index in [4.69, 9.17) is 9.47 Å². The SMILES string of the molecule is CC(C)(C)OC(=O)N1CCN(C(=O)OCC2c3ccccc3-c3ccccc32)[C@H]1C(=O)O. The summed E-state index contributed by atoms with van der Waals surface area (Å²) in [5, 5.41) is 9.69. The van der Waals surface area contributed by atoms with Crippen molar-refractivity contribution in [3.05, 3.63) is 59.7 Å². The molecule has 168 valence electrons. The van der Waals surface area contributed by atoms with E-state index < -0.39 is 29.9 Å². The van der Waals surface area contributed by atoms with Crippen molar-refractivity contribution in [1.82, 2.24) is 9.80 Å². The monoisotopic (exact) mass is 438 g/mol. The van der Waals surface area contributed by atoms with E-state index in [0.29, 0.717) is 0 Å². The molecule has 0 aromatic heterocycles. The molecule has 0 spiro atoms. The van der Waals surface area contributed by atoms with Gasteiger partial charge in [-0.15, -0.1) is 0 Å². The molecule has 32 heavy (non-hydrogen) atoms. The zero-order valence-corrected chi connectivity index (χ0v) is 18.3. The Morgan fingerprint density at radius 2 is 1.41 bits per heavy atom. The van der Waals surface area contributed by atoms with Crippen LogP contribution in [0.1, 0.15) is 37.8 Å². The number of hydrogen-bond acceptors (Lipinski definition) is 5. The fourth-order valence-corrected chi connectivity index (χ4v) is 4.27. The van der Waals surface area contributed by atoms with Gasteiger partial charge in [0.05, 0.1) is 0 Å². The molecule has 1 N–H and O–H groups in total. The Kier molecular flexibility index (Phi) is 5.54. The smallest absolute Gasteiger partial charge is 0.412 e. The summed E-state index contributed by atoms with van der Waals surface area (Å²) in [4.78, 5) is 39.3. The highest BCUT2D eigenvalue weighted by Gasteiger charge is 2.45. The van der Waals surface area contributed by atoms with Crippen molar-refractivity contribution in [3.8, 4) is 11.1 Å². The number of nitrogens with zero attached hydrogens (tertiary/aromatic N) is 2. The lowest BCUT2D eigenvalue weighted by Crippen LogP contribution is -2.50. The number of benzene rings is 2. The van der Waals surface area contributed by atoms with Gasteiger partial charge in [0, 0.05) is 19.0 Å². The maximum atomic E-state index is 12.9. The van der Waals surface area contributed by atoms with Gasteiger partial charge in [-0.25, -0.2) is 14.4 Å². The molecule has 2 aliphatic rings. The van der Waals surface area contributed by atoms with Gasteiger partial charge < -0.3 is 14.6 Å². The zero-order valence-electron chi connectivity index (χ0n) is 18.3. The Bertz CT molecular complexity index is 1010. The molecule has 2 amide bonds. The summed E-state index contributed by atoms with van der Waals surface area (Å²) < 4.78 is 10.9. The van der Waals surface area contributed by atoms with Crippen LogP contribution in [0.15, 0.2) is 48.5 Å². The van der Waals surface area contributed by atoms with E-state index in [1.807, 2.05) is 48.5 Å². The van der Waals surface area contributed by atoms with Crippen molar-refractivity contribution in [2.75, 3.05) is 19.7 Å². The van der Waals surface area contributed by atoms with Gasteiger partial charge in [0.1, 0.15) is 12.2 Å². The molecule has 8 heteroatoms. The second-order valence-corrected chi connectivity index (χ2v) is 8.88. The van der Waals surface area contributed by atoms with Crippen LogP contribution in [0.25, 0.3) is 11.1 Å². The van der Waals surface area contributed by atoms with Crippen LogP contribution in [0, 0.1) is 0 Å². The van der Waals surface area contributed by atoms with Gasteiger partial charge in [0.2, 0.25) is 6.17 Å². The van der Waals surface area contributed by atoms with Crippen LogP contribution < -0.4 is 0 Å². The van der Waals surface area contributed by atoms with Crippen molar-refractivity contribution in [3.63, 3.8) is 0 Å². The number of carbonyl (C=O) groups excluding carboxylic acids is 2. The molecule has 0 radical (unpaired) electrons. The number of amides is 2. The summed E-state index contributed by atoms with van der Waals surface area (Å²) in [5.74, 6) is -1.46. The first kappa shape index (κ1) is 21.7. The summed E-state index contributed by atoms with van der Waals surface area (Å²) in [6, 6.07) is 15.9. The van der Waals surface area contributed by atoms with Crippen LogP contribution in [-0.2, 0) is 14.3 Å². The number of carboxylic acid groups (broad SMARTS) is 1. The van der Waals surface area contributed by atoms with E-state index in [-0.39, 0.29) is 25.6 Å². The molecule has 1 saturated heterocycles. The molecular formula is C24H26N2O6. The van der Waals surface area contributed by atoms with Crippen LogP contribution >= 0.6 is 0 Å². The first-order valence-corrected chi connectivity index (χ1v) is 10.5. The minimum atomic E-state index is -1.47. The van der Waals surface area contributed by atoms with E-state index in [1.165, 1.54) is 0 Å². The minimum Gasteiger partial charge on any atom is -0.478 e. The summed E-state index contributed by atoms with van der Waals surface area (Å²) >= 11 is 0. The van der Waals surface area contributed by atoms with Gasteiger partial charge in [-0.3, -0.25) is 9.80 Å². The number of aliphatic carboxylic acids is 1. The van der Waals surface area contributed by atoms with Crippen LogP contribution in [0.3, 0.4) is 0 Å². The topological polar surface area (TPSA) is 96.4 Å². The van der Waals surface area contributed by atoms with E-state index in [0.717, 1.165) is 32.1 Å². The maximum Gasteiger partial charge on any atom is 0.412 e. The Hall–Kier alpha value is -3.55. The Morgan fingerprint density at radius 1 is 0.906 bits per heavy atom. The third-order valence-corrected chi connectivity index (χ3v) is 5.59. The quantitative estimate of drug-likeness (QED) is 0.781. The fourth-order valence-electron chi connectivity index (χ4n) is 4.27. The second-order valence-electron chi connectivity index (χ2n) is 8.88. The zero-order chi connectivity index (χ0) is 23.0. The Balaban J connectivity index is 1.49. The average Bonchev–Trinajstić information content (AvgIpc) is 3.31. The number of rotatable bonds is 3. The standard InChI is InChI=1S/C24H26N2O6/c1-24(2,3)32-23(30)26-13-12-25(20(26)21(27)28)22(29)31-14-19-17-10-6-4-8-15(17)16-9-5-7-11-18(16)19/h4-11,19-20H,12-14H2,1-3H3,(H,27,28)/t20-/m1/s1. The van der Waals surface area contributed by atoms with Gasteiger partial charge in [-0.05, 0) is 43.0 Å². The number of fused-ring (bicyclic) bond motifs is 3. The van der Waals surface area contributed by atoms with Gasteiger partial charge in [0.15, 0.2) is 0 Å². The van der Waals surface area contributed by atoms with Crippen molar-refractivity contribution in [1.29, 1.82) is 0 Å². The van der Waals surface area contributed by atoms with Gasteiger partial charge in [0.25, 0.3) is 0 Å². The highest BCUT2D eigenvalue weighted by Crippen LogP contribution is 2.44. The highest BCUT2D eigenvalue weighted by molar-refractivity contribution is 5.85. The van der Waals surface area contributed by atoms with Crippen LogP contribution in [0.5, 0.6) is 0 Å². The maximum absolute atomic E-state index is 12.9. The average molecular weight is 438 g/mol. The molecule has 1 aliphatic carbocycles. The number of ether oxygens (including phenoxy) is 2. The molecule has 4 rings (SSSR count). The van der Waals surface area contributed by atoms with Crippen LogP contribution in [0.4, 0.5) is 9.59 Å². The Labute approximate surface area is 186 Å². The number of hydrogen-bond donors (Lipinski definition) is 1. The lowest BCUT2D eigenvalue weighted by Gasteiger charge is -2.29. The van der Waals surface area contributed by atoms with Gasteiger partial charge in [-0.1, -0.05) is 48.5 Å². The summed E-state index contributed by atoms with van der Waals surface area (Å²) in [6.45, 7) is 5.26. The molecule has 1 fully saturated rings. The Morgan fingerprint density at radius 3 is 1.91 bits per heavy atom.